The second kappa shape index (κ2) is 13.3. The van der Waals surface area contributed by atoms with Crippen molar-refractivity contribution in [1.82, 2.24) is 16.0 Å². The van der Waals surface area contributed by atoms with E-state index in [1.165, 1.54) is 4.90 Å². The van der Waals surface area contributed by atoms with Crippen molar-refractivity contribution >= 4 is 47.6 Å². The van der Waals surface area contributed by atoms with Crippen molar-refractivity contribution in [3.63, 3.8) is 0 Å². The molecule has 0 radical (unpaired) electrons. The van der Waals surface area contributed by atoms with E-state index in [4.69, 9.17) is 0 Å². The predicted octanol–water partition coefficient (Wildman–Crippen LogP) is 2.72. The molecule has 0 spiro atoms. The Morgan fingerprint density at radius 3 is 2.29 bits per heavy atom. The van der Waals surface area contributed by atoms with Gasteiger partial charge in [0.2, 0.25) is 5.91 Å². The number of thioether (sulfide) groups is 1. The second-order valence-corrected chi connectivity index (χ2v) is 7.08. The third-order valence-electron chi connectivity index (χ3n) is 3.10. The van der Waals surface area contributed by atoms with Gasteiger partial charge >= 0.3 is 0 Å². The molecule has 1 aromatic rings. The van der Waals surface area contributed by atoms with E-state index in [0.717, 1.165) is 12.5 Å². The fourth-order valence-electron chi connectivity index (χ4n) is 1.80. The SMILES string of the molecule is CN=C(NCCNC(=O)C(C)C)NCC(C)Sc1ccccc1.I. The maximum atomic E-state index is 11.5. The Balaban J connectivity index is 0.00000529. The summed E-state index contributed by atoms with van der Waals surface area (Å²) in [7, 11) is 1.75. The molecular formula is C17H29IN4OS. The van der Waals surface area contributed by atoms with Crippen molar-refractivity contribution in [1.29, 1.82) is 0 Å². The fraction of sp³-hybridized carbons (Fsp3) is 0.529. The van der Waals surface area contributed by atoms with Gasteiger partial charge in [0.05, 0.1) is 0 Å². The monoisotopic (exact) mass is 464 g/mol. The van der Waals surface area contributed by atoms with Crippen LogP contribution in [0.2, 0.25) is 0 Å². The van der Waals surface area contributed by atoms with Crippen molar-refractivity contribution in [2.45, 2.75) is 30.9 Å². The fourth-order valence-corrected chi connectivity index (χ4v) is 2.75. The minimum Gasteiger partial charge on any atom is -0.355 e. The van der Waals surface area contributed by atoms with Crippen LogP contribution in [0.5, 0.6) is 0 Å². The number of aliphatic imine (C=N–C) groups is 1. The number of rotatable bonds is 8. The number of guanidine groups is 1. The number of amides is 1. The Morgan fingerprint density at radius 2 is 1.71 bits per heavy atom. The molecule has 3 N–H and O–H groups in total. The highest BCUT2D eigenvalue weighted by atomic mass is 127. The van der Waals surface area contributed by atoms with Crippen molar-refractivity contribution < 1.29 is 4.79 Å². The van der Waals surface area contributed by atoms with Crippen LogP contribution in [0.3, 0.4) is 0 Å². The van der Waals surface area contributed by atoms with E-state index >= 15 is 0 Å². The molecule has 0 bridgehead atoms. The molecule has 7 heteroatoms. The first-order chi connectivity index (χ1) is 11.0. The summed E-state index contributed by atoms with van der Waals surface area (Å²) in [5, 5.41) is 9.80. The van der Waals surface area contributed by atoms with Gasteiger partial charge in [0.15, 0.2) is 5.96 Å². The van der Waals surface area contributed by atoms with Crippen LogP contribution in [0.25, 0.3) is 0 Å². The van der Waals surface area contributed by atoms with E-state index in [1.807, 2.05) is 31.7 Å². The van der Waals surface area contributed by atoms with Gasteiger partial charge in [-0.3, -0.25) is 9.79 Å². The number of benzene rings is 1. The lowest BCUT2D eigenvalue weighted by Gasteiger charge is -2.16. The molecule has 0 saturated carbocycles. The molecule has 24 heavy (non-hydrogen) atoms. The molecule has 0 heterocycles. The molecule has 0 aliphatic rings. The Kier molecular flexibility index (Phi) is 12.8. The smallest absolute Gasteiger partial charge is 0.222 e. The van der Waals surface area contributed by atoms with Crippen LogP contribution in [-0.2, 0) is 4.79 Å². The van der Waals surface area contributed by atoms with E-state index in [0.29, 0.717) is 18.3 Å². The van der Waals surface area contributed by atoms with Gasteiger partial charge in [0, 0.05) is 42.7 Å². The molecule has 5 nitrogen and oxygen atoms in total. The lowest BCUT2D eigenvalue weighted by molar-refractivity contribution is -0.123. The minimum absolute atomic E-state index is 0. The summed E-state index contributed by atoms with van der Waals surface area (Å²) < 4.78 is 0. The van der Waals surface area contributed by atoms with Gasteiger partial charge in [-0.25, -0.2) is 0 Å². The Hall–Kier alpha value is -0.960. The number of nitrogens with zero attached hydrogens (tertiary/aromatic N) is 1. The van der Waals surface area contributed by atoms with Crippen molar-refractivity contribution in [2.75, 3.05) is 26.7 Å². The summed E-state index contributed by atoms with van der Waals surface area (Å²) >= 11 is 1.83. The number of carbonyl (C=O) groups is 1. The van der Waals surface area contributed by atoms with E-state index in [1.54, 1.807) is 7.05 Å². The highest BCUT2D eigenvalue weighted by Crippen LogP contribution is 2.21. The molecule has 0 aliphatic carbocycles. The molecule has 1 aromatic carbocycles. The van der Waals surface area contributed by atoms with Gasteiger partial charge in [-0.2, -0.15) is 0 Å². The van der Waals surface area contributed by atoms with Crippen molar-refractivity contribution in [3.05, 3.63) is 30.3 Å². The number of halogens is 1. The number of hydrogen-bond donors (Lipinski definition) is 3. The van der Waals surface area contributed by atoms with E-state index in [9.17, 15) is 4.79 Å². The van der Waals surface area contributed by atoms with Crippen LogP contribution in [0.15, 0.2) is 40.2 Å². The van der Waals surface area contributed by atoms with Crippen LogP contribution in [0.1, 0.15) is 20.8 Å². The first-order valence-electron chi connectivity index (χ1n) is 7.97. The maximum absolute atomic E-state index is 11.5. The summed E-state index contributed by atoms with van der Waals surface area (Å²) in [6.45, 7) is 8.01. The molecule has 1 unspecified atom stereocenters. The molecule has 0 fully saturated rings. The molecule has 1 atom stereocenters. The number of hydrogen-bond acceptors (Lipinski definition) is 3. The second-order valence-electron chi connectivity index (χ2n) is 5.57. The lowest BCUT2D eigenvalue weighted by atomic mass is 10.2. The third-order valence-corrected chi connectivity index (χ3v) is 4.22. The first-order valence-corrected chi connectivity index (χ1v) is 8.84. The van der Waals surface area contributed by atoms with Crippen molar-refractivity contribution in [2.24, 2.45) is 10.9 Å². The average molecular weight is 464 g/mol. The van der Waals surface area contributed by atoms with Gasteiger partial charge in [-0.05, 0) is 12.1 Å². The molecule has 1 amide bonds. The molecule has 0 saturated heterocycles. The Bertz CT molecular complexity index is 497. The maximum Gasteiger partial charge on any atom is 0.222 e. The van der Waals surface area contributed by atoms with Gasteiger partial charge in [0.1, 0.15) is 0 Å². The van der Waals surface area contributed by atoms with Crippen molar-refractivity contribution in [3.8, 4) is 0 Å². The molecule has 136 valence electrons. The predicted molar refractivity (Wildman–Crippen MR) is 114 cm³/mol. The summed E-state index contributed by atoms with van der Waals surface area (Å²) in [6.07, 6.45) is 0. The standard InChI is InChI=1S/C17H28N4OS.HI/c1-13(2)16(22)19-10-11-20-17(18-4)21-12-14(3)23-15-8-6-5-7-9-15;/h5-9,13-14H,10-12H2,1-4H3,(H,19,22)(H2,18,20,21);1H. The number of carbonyl (C=O) groups excluding carboxylic acids is 1. The van der Waals surface area contributed by atoms with Gasteiger partial charge in [-0.15, -0.1) is 35.7 Å². The van der Waals surface area contributed by atoms with Crippen LogP contribution in [0, 0.1) is 5.92 Å². The average Bonchev–Trinajstić information content (AvgIpc) is 2.54. The third kappa shape index (κ3) is 10.0. The van der Waals surface area contributed by atoms with Gasteiger partial charge in [0.25, 0.3) is 0 Å². The van der Waals surface area contributed by atoms with Crippen LogP contribution in [-0.4, -0.2) is 43.8 Å². The van der Waals surface area contributed by atoms with E-state index in [-0.39, 0.29) is 35.8 Å². The quantitative estimate of drug-likeness (QED) is 0.182. The highest BCUT2D eigenvalue weighted by Gasteiger charge is 2.07. The lowest BCUT2D eigenvalue weighted by Crippen LogP contribution is -2.43. The molecule has 0 aliphatic heterocycles. The van der Waals surface area contributed by atoms with E-state index < -0.39 is 0 Å². The summed E-state index contributed by atoms with van der Waals surface area (Å²) in [6, 6.07) is 10.4. The number of nitrogens with one attached hydrogen (secondary N) is 3. The van der Waals surface area contributed by atoms with Gasteiger partial charge < -0.3 is 16.0 Å². The Morgan fingerprint density at radius 1 is 1.08 bits per heavy atom. The topological polar surface area (TPSA) is 65.5 Å². The van der Waals surface area contributed by atoms with E-state index in [2.05, 4.69) is 52.1 Å². The largest absolute Gasteiger partial charge is 0.355 e. The van der Waals surface area contributed by atoms with Crippen LogP contribution >= 0.6 is 35.7 Å². The van der Waals surface area contributed by atoms with Crippen LogP contribution < -0.4 is 16.0 Å². The zero-order valence-corrected chi connectivity index (χ0v) is 18.0. The molecule has 1 rings (SSSR count). The molecule has 0 aromatic heterocycles. The first kappa shape index (κ1) is 23.0. The Labute approximate surface area is 166 Å². The zero-order chi connectivity index (χ0) is 17.1. The summed E-state index contributed by atoms with van der Waals surface area (Å²) in [5.74, 6) is 0.843. The highest BCUT2D eigenvalue weighted by molar-refractivity contribution is 14.0. The molecular weight excluding hydrogens is 435 g/mol. The summed E-state index contributed by atoms with van der Waals surface area (Å²) in [5.41, 5.74) is 0. The van der Waals surface area contributed by atoms with Crippen LogP contribution in [0.4, 0.5) is 0 Å². The van der Waals surface area contributed by atoms with Gasteiger partial charge in [-0.1, -0.05) is 39.0 Å². The normalized spacial score (nSPS) is 12.3. The zero-order valence-electron chi connectivity index (χ0n) is 14.8. The summed E-state index contributed by atoms with van der Waals surface area (Å²) in [4.78, 5) is 16.9. The minimum atomic E-state index is 0.